The molecule has 0 saturated carbocycles. The lowest BCUT2D eigenvalue weighted by Gasteiger charge is -2.33. The van der Waals surface area contributed by atoms with E-state index in [0.717, 1.165) is 0 Å². The zero-order chi connectivity index (χ0) is 18.0. The largest absolute Gasteiger partial charge is 0.475 e. The van der Waals surface area contributed by atoms with Crippen LogP contribution < -0.4 is 0 Å². The predicted octanol–water partition coefficient (Wildman–Crippen LogP) is 0.254. The van der Waals surface area contributed by atoms with Crippen LogP contribution in [0.1, 0.15) is 26.8 Å². The van der Waals surface area contributed by atoms with E-state index in [1.807, 2.05) is 0 Å². The number of carboxylic acids is 1. The summed E-state index contributed by atoms with van der Waals surface area (Å²) < 4.78 is 35.6. The van der Waals surface area contributed by atoms with Gasteiger partial charge in [-0.25, -0.2) is 13.2 Å². The zero-order valence-electron chi connectivity index (χ0n) is 13.0. The number of nitrogens with zero attached hydrogens (tertiary/aromatic N) is 3. The molecule has 1 fully saturated rings. The molecule has 134 valence electrons. The molecule has 10 nitrogen and oxygen atoms in total. The summed E-state index contributed by atoms with van der Waals surface area (Å²) in [5, 5.41) is 12.4. The van der Waals surface area contributed by atoms with Gasteiger partial charge in [-0.3, -0.25) is 4.79 Å². The first kappa shape index (κ1) is 17.2. The van der Waals surface area contributed by atoms with E-state index in [-0.39, 0.29) is 43.5 Å². The van der Waals surface area contributed by atoms with E-state index in [2.05, 4.69) is 9.68 Å². The number of carboxylic acid groups (broad SMARTS) is 1. The van der Waals surface area contributed by atoms with Crippen LogP contribution >= 0.6 is 0 Å². The Morgan fingerprint density at radius 2 is 1.80 bits per heavy atom. The Bertz CT molecular complexity index is 864. The second-order valence-corrected chi connectivity index (χ2v) is 7.38. The number of carbonyl (C=O) groups excluding carboxylic acids is 1. The number of furan rings is 1. The van der Waals surface area contributed by atoms with Crippen molar-refractivity contribution in [2.75, 3.05) is 26.2 Å². The first-order valence-electron chi connectivity index (χ1n) is 7.36. The fraction of sp³-hybridized carbons (Fsp3) is 0.357. The molecule has 1 N–H and O–H groups in total. The minimum Gasteiger partial charge on any atom is -0.475 e. The summed E-state index contributed by atoms with van der Waals surface area (Å²) in [6.45, 7) is 0.636. The summed E-state index contributed by atoms with van der Waals surface area (Å²) in [6.07, 6.45) is 1.30. The molecule has 0 radical (unpaired) electrons. The topological polar surface area (TPSA) is 134 Å². The minimum atomic E-state index is -3.56. The molecule has 2 aromatic rings. The van der Waals surface area contributed by atoms with Gasteiger partial charge in [0.1, 0.15) is 12.0 Å². The average molecular weight is 369 g/mol. The molecule has 0 bridgehead atoms. The van der Waals surface area contributed by atoms with E-state index in [1.165, 1.54) is 33.7 Å². The summed E-state index contributed by atoms with van der Waals surface area (Å²) in [5.74, 6) is -2.41. The average Bonchev–Trinajstić information content (AvgIpc) is 3.25. The van der Waals surface area contributed by atoms with Crippen molar-refractivity contribution in [3.8, 4) is 0 Å². The van der Waals surface area contributed by atoms with Crippen LogP contribution in [0, 0.1) is 0 Å². The molecule has 25 heavy (non-hydrogen) atoms. The van der Waals surface area contributed by atoms with E-state index in [1.54, 1.807) is 0 Å². The maximum Gasteiger partial charge on any atom is 0.371 e. The molecular formula is C14H15N3O7S. The van der Waals surface area contributed by atoms with Gasteiger partial charge in [0, 0.05) is 32.2 Å². The summed E-state index contributed by atoms with van der Waals surface area (Å²) in [6, 6.07) is 3.97. The molecule has 1 aliphatic rings. The SMILES string of the molecule is O=C(O)c1ccc(C(=O)N2CCN(S(=O)(=O)Cc3ccon3)CC2)o1. The van der Waals surface area contributed by atoms with Gasteiger partial charge in [-0.2, -0.15) is 4.31 Å². The number of amides is 1. The third-order valence-electron chi connectivity index (χ3n) is 3.77. The van der Waals surface area contributed by atoms with Crippen LogP contribution in [-0.4, -0.2) is 65.9 Å². The van der Waals surface area contributed by atoms with Gasteiger partial charge in [-0.05, 0) is 12.1 Å². The van der Waals surface area contributed by atoms with Crippen LogP contribution in [0.25, 0.3) is 0 Å². The van der Waals surface area contributed by atoms with Crippen molar-refractivity contribution in [3.05, 3.63) is 41.7 Å². The third kappa shape index (κ3) is 3.72. The highest BCUT2D eigenvalue weighted by molar-refractivity contribution is 7.88. The van der Waals surface area contributed by atoms with Gasteiger partial charge < -0.3 is 18.9 Å². The van der Waals surface area contributed by atoms with Gasteiger partial charge in [-0.1, -0.05) is 5.16 Å². The number of aromatic carboxylic acids is 1. The number of aromatic nitrogens is 1. The number of hydrogen-bond acceptors (Lipinski definition) is 7. The van der Waals surface area contributed by atoms with E-state index in [0.29, 0.717) is 5.69 Å². The predicted molar refractivity (Wildman–Crippen MR) is 82.3 cm³/mol. The lowest BCUT2D eigenvalue weighted by Crippen LogP contribution is -2.50. The molecular weight excluding hydrogens is 354 g/mol. The number of rotatable bonds is 5. The molecule has 1 amide bonds. The van der Waals surface area contributed by atoms with Crippen LogP contribution in [0.15, 0.2) is 33.4 Å². The second-order valence-electron chi connectivity index (χ2n) is 5.41. The first-order valence-corrected chi connectivity index (χ1v) is 8.97. The lowest BCUT2D eigenvalue weighted by atomic mass is 10.3. The second kappa shape index (κ2) is 6.69. The van der Waals surface area contributed by atoms with Crippen LogP contribution in [0.2, 0.25) is 0 Å². The molecule has 2 aromatic heterocycles. The Balaban J connectivity index is 1.61. The van der Waals surface area contributed by atoms with Crippen LogP contribution in [0.5, 0.6) is 0 Å². The summed E-state index contributed by atoms with van der Waals surface area (Å²) in [7, 11) is -3.56. The monoisotopic (exact) mass is 369 g/mol. The molecule has 3 heterocycles. The molecule has 3 rings (SSSR count). The van der Waals surface area contributed by atoms with E-state index < -0.39 is 21.9 Å². The van der Waals surface area contributed by atoms with E-state index >= 15 is 0 Å². The highest BCUT2D eigenvalue weighted by Gasteiger charge is 2.31. The van der Waals surface area contributed by atoms with Crippen molar-refractivity contribution in [3.63, 3.8) is 0 Å². The van der Waals surface area contributed by atoms with Crippen molar-refractivity contribution in [1.82, 2.24) is 14.4 Å². The molecule has 11 heteroatoms. The standard InChI is InChI=1S/C14H15N3O7S/c18-13(11-1-2-12(24-11)14(19)20)16-4-6-17(7-5-16)25(21,22)9-10-3-8-23-15-10/h1-3,8H,4-7,9H2,(H,19,20). The van der Waals surface area contributed by atoms with Gasteiger partial charge in [0.05, 0.1) is 5.69 Å². The van der Waals surface area contributed by atoms with Gasteiger partial charge >= 0.3 is 5.97 Å². The summed E-state index contributed by atoms with van der Waals surface area (Å²) in [5.41, 5.74) is 0.315. The van der Waals surface area contributed by atoms with E-state index in [4.69, 9.17) is 9.52 Å². The van der Waals surface area contributed by atoms with Crippen molar-refractivity contribution < 1.29 is 32.1 Å². The number of carbonyl (C=O) groups is 2. The Morgan fingerprint density at radius 3 is 2.36 bits per heavy atom. The maximum atomic E-state index is 12.3. The normalized spacial score (nSPS) is 16.1. The Labute approximate surface area is 142 Å². The number of piperazine rings is 1. The van der Waals surface area contributed by atoms with Crippen LogP contribution in [-0.2, 0) is 15.8 Å². The zero-order valence-corrected chi connectivity index (χ0v) is 13.8. The smallest absolute Gasteiger partial charge is 0.371 e. The van der Waals surface area contributed by atoms with Crippen molar-refractivity contribution in [2.24, 2.45) is 0 Å². The Hall–Kier alpha value is -2.66. The fourth-order valence-corrected chi connectivity index (χ4v) is 3.91. The molecule has 0 aromatic carbocycles. The van der Waals surface area contributed by atoms with Crippen LogP contribution in [0.3, 0.4) is 0 Å². The molecule has 1 aliphatic heterocycles. The molecule has 1 saturated heterocycles. The summed E-state index contributed by atoms with van der Waals surface area (Å²) in [4.78, 5) is 24.5. The van der Waals surface area contributed by atoms with E-state index in [9.17, 15) is 18.0 Å². The molecule has 0 spiro atoms. The lowest BCUT2D eigenvalue weighted by molar-refractivity contribution is 0.0632. The Kier molecular flexibility index (Phi) is 4.59. The number of sulfonamides is 1. The van der Waals surface area contributed by atoms with Gasteiger partial charge in [0.15, 0.2) is 5.76 Å². The van der Waals surface area contributed by atoms with Crippen molar-refractivity contribution >= 4 is 21.9 Å². The fourth-order valence-electron chi connectivity index (χ4n) is 2.48. The van der Waals surface area contributed by atoms with Crippen molar-refractivity contribution in [1.29, 1.82) is 0 Å². The molecule has 0 unspecified atom stereocenters. The summed E-state index contributed by atoms with van der Waals surface area (Å²) >= 11 is 0. The van der Waals surface area contributed by atoms with Gasteiger partial charge in [0.2, 0.25) is 15.8 Å². The Morgan fingerprint density at radius 1 is 1.12 bits per heavy atom. The third-order valence-corrected chi connectivity index (χ3v) is 5.58. The maximum absolute atomic E-state index is 12.3. The molecule has 0 atom stereocenters. The minimum absolute atomic E-state index is 0.0868. The van der Waals surface area contributed by atoms with Crippen LogP contribution in [0.4, 0.5) is 0 Å². The first-order chi connectivity index (χ1) is 11.9. The molecule has 0 aliphatic carbocycles. The van der Waals surface area contributed by atoms with Gasteiger partial charge in [0.25, 0.3) is 5.91 Å². The quantitative estimate of drug-likeness (QED) is 0.793. The van der Waals surface area contributed by atoms with Gasteiger partial charge in [-0.15, -0.1) is 0 Å². The highest BCUT2D eigenvalue weighted by Crippen LogP contribution is 2.16. The van der Waals surface area contributed by atoms with Crippen molar-refractivity contribution in [2.45, 2.75) is 5.75 Å². The highest BCUT2D eigenvalue weighted by atomic mass is 32.2. The number of hydrogen-bond donors (Lipinski definition) is 1.